The van der Waals surface area contributed by atoms with Crippen molar-refractivity contribution in [1.82, 2.24) is 5.32 Å². The zero-order chi connectivity index (χ0) is 21.0. The van der Waals surface area contributed by atoms with Crippen LogP contribution in [0.2, 0.25) is 0 Å². The second-order valence-corrected chi connectivity index (χ2v) is 6.68. The molecular weight excluding hydrogens is 374 g/mol. The average molecular weight is 395 g/mol. The van der Waals surface area contributed by atoms with Crippen LogP contribution in [-0.4, -0.2) is 30.1 Å². The Labute approximate surface area is 166 Å². The summed E-state index contributed by atoms with van der Waals surface area (Å²) in [5.74, 6) is -1.15. The standard InChI is InChI=1S/C22H21NO6/c1-13-16-9-8-15(28-2)11-19(16)29-22(27)17(13)12-20(24)23-18(21(25)26)10-14-6-4-3-5-7-14/h3-9,11,18H,10,12H2,1-2H3,(H,23,24)(H,25,26)/t18-/m1/s1. The van der Waals surface area contributed by atoms with Gasteiger partial charge in [-0.15, -0.1) is 0 Å². The van der Waals surface area contributed by atoms with Gasteiger partial charge >= 0.3 is 11.6 Å². The highest BCUT2D eigenvalue weighted by Crippen LogP contribution is 2.24. The summed E-state index contributed by atoms with van der Waals surface area (Å²) in [6, 6.07) is 13.0. The topological polar surface area (TPSA) is 106 Å². The maximum absolute atomic E-state index is 12.5. The number of aryl methyl sites for hydroxylation is 1. The molecule has 1 heterocycles. The smallest absolute Gasteiger partial charge is 0.340 e. The lowest BCUT2D eigenvalue weighted by atomic mass is 10.0. The molecule has 0 saturated carbocycles. The van der Waals surface area contributed by atoms with Gasteiger partial charge in [0.2, 0.25) is 5.91 Å². The van der Waals surface area contributed by atoms with E-state index in [-0.39, 0.29) is 18.4 Å². The Hall–Kier alpha value is -3.61. The number of fused-ring (bicyclic) bond motifs is 1. The first kappa shape index (κ1) is 20.1. The first-order valence-corrected chi connectivity index (χ1v) is 9.05. The van der Waals surface area contributed by atoms with Gasteiger partial charge < -0.3 is 19.6 Å². The van der Waals surface area contributed by atoms with Crippen LogP contribution in [0.25, 0.3) is 11.0 Å². The molecule has 1 atom stereocenters. The van der Waals surface area contributed by atoms with Crippen molar-refractivity contribution >= 4 is 22.8 Å². The van der Waals surface area contributed by atoms with Crippen molar-refractivity contribution in [2.75, 3.05) is 7.11 Å². The monoisotopic (exact) mass is 395 g/mol. The highest BCUT2D eigenvalue weighted by molar-refractivity contribution is 5.87. The van der Waals surface area contributed by atoms with Crippen LogP contribution in [0.5, 0.6) is 5.75 Å². The van der Waals surface area contributed by atoms with E-state index < -0.39 is 23.5 Å². The maximum Gasteiger partial charge on any atom is 0.340 e. The minimum absolute atomic E-state index is 0.146. The van der Waals surface area contributed by atoms with Gasteiger partial charge in [0.25, 0.3) is 0 Å². The second kappa shape index (κ2) is 8.60. The summed E-state index contributed by atoms with van der Waals surface area (Å²) in [4.78, 5) is 36.4. The lowest BCUT2D eigenvalue weighted by molar-refractivity contribution is -0.141. The number of aliphatic carboxylic acids is 1. The highest BCUT2D eigenvalue weighted by Gasteiger charge is 2.22. The number of carboxylic acid groups (broad SMARTS) is 1. The molecule has 0 spiro atoms. The van der Waals surface area contributed by atoms with E-state index in [0.717, 1.165) is 5.56 Å². The summed E-state index contributed by atoms with van der Waals surface area (Å²) in [6.45, 7) is 1.73. The van der Waals surface area contributed by atoms with Gasteiger partial charge in [-0.2, -0.15) is 0 Å². The number of benzene rings is 2. The molecule has 2 N–H and O–H groups in total. The number of rotatable bonds is 7. The van der Waals surface area contributed by atoms with E-state index in [0.29, 0.717) is 22.3 Å². The van der Waals surface area contributed by atoms with Crippen LogP contribution in [0.4, 0.5) is 0 Å². The number of nitrogens with one attached hydrogen (secondary N) is 1. The summed E-state index contributed by atoms with van der Waals surface area (Å²) >= 11 is 0. The first-order valence-electron chi connectivity index (χ1n) is 9.05. The molecule has 150 valence electrons. The van der Waals surface area contributed by atoms with Crippen molar-refractivity contribution in [2.24, 2.45) is 0 Å². The fraction of sp³-hybridized carbons (Fsp3) is 0.227. The van der Waals surface area contributed by atoms with E-state index in [2.05, 4.69) is 5.32 Å². The van der Waals surface area contributed by atoms with Gasteiger partial charge in [-0.25, -0.2) is 9.59 Å². The Kier molecular flexibility index (Phi) is 5.97. The Balaban J connectivity index is 1.81. The molecule has 1 aromatic heterocycles. The maximum atomic E-state index is 12.5. The summed E-state index contributed by atoms with van der Waals surface area (Å²) < 4.78 is 10.5. The van der Waals surface area contributed by atoms with Crippen LogP contribution in [0.3, 0.4) is 0 Å². The van der Waals surface area contributed by atoms with Gasteiger partial charge in [0.05, 0.1) is 19.1 Å². The van der Waals surface area contributed by atoms with Crippen molar-refractivity contribution in [3.63, 3.8) is 0 Å². The third kappa shape index (κ3) is 4.63. The van der Waals surface area contributed by atoms with E-state index in [9.17, 15) is 19.5 Å². The fourth-order valence-electron chi connectivity index (χ4n) is 3.16. The van der Waals surface area contributed by atoms with Crippen LogP contribution < -0.4 is 15.7 Å². The van der Waals surface area contributed by atoms with Crippen LogP contribution in [0.15, 0.2) is 57.7 Å². The summed E-state index contributed by atoms with van der Waals surface area (Å²) in [5, 5.41) is 12.6. The molecule has 7 heteroatoms. The number of methoxy groups -OCH3 is 1. The predicted molar refractivity (Wildman–Crippen MR) is 107 cm³/mol. The van der Waals surface area contributed by atoms with Crippen LogP contribution in [0, 0.1) is 6.92 Å². The van der Waals surface area contributed by atoms with Gasteiger partial charge in [0, 0.05) is 17.9 Å². The highest BCUT2D eigenvalue weighted by atomic mass is 16.5. The van der Waals surface area contributed by atoms with Crippen LogP contribution in [-0.2, 0) is 22.4 Å². The minimum Gasteiger partial charge on any atom is -0.497 e. The zero-order valence-corrected chi connectivity index (χ0v) is 16.1. The van der Waals surface area contributed by atoms with Gasteiger partial charge in [0.1, 0.15) is 17.4 Å². The van der Waals surface area contributed by atoms with E-state index in [1.807, 2.05) is 6.07 Å². The molecule has 1 amide bonds. The predicted octanol–water partition coefficient (Wildman–Crippen LogP) is 2.46. The molecule has 0 bridgehead atoms. The van der Waals surface area contributed by atoms with Crippen molar-refractivity contribution in [3.05, 3.63) is 75.6 Å². The molecule has 2 aromatic carbocycles. The van der Waals surface area contributed by atoms with Crippen molar-refractivity contribution in [1.29, 1.82) is 0 Å². The van der Waals surface area contributed by atoms with E-state index in [4.69, 9.17) is 9.15 Å². The van der Waals surface area contributed by atoms with E-state index >= 15 is 0 Å². The van der Waals surface area contributed by atoms with Crippen LogP contribution in [0.1, 0.15) is 16.7 Å². The van der Waals surface area contributed by atoms with Gasteiger partial charge in [0.15, 0.2) is 0 Å². The molecule has 0 unspecified atom stereocenters. The number of ether oxygens (including phenoxy) is 1. The number of hydrogen-bond donors (Lipinski definition) is 2. The summed E-state index contributed by atoms with van der Waals surface area (Å²) in [6.07, 6.45) is -0.123. The minimum atomic E-state index is -1.14. The lowest BCUT2D eigenvalue weighted by Crippen LogP contribution is -2.43. The number of carbonyl (C=O) groups excluding carboxylic acids is 1. The average Bonchev–Trinajstić information content (AvgIpc) is 2.70. The number of carbonyl (C=O) groups is 2. The molecular formula is C22H21NO6. The Morgan fingerprint density at radius 2 is 1.90 bits per heavy atom. The fourth-order valence-corrected chi connectivity index (χ4v) is 3.16. The molecule has 0 saturated heterocycles. The third-order valence-corrected chi connectivity index (χ3v) is 4.75. The molecule has 3 rings (SSSR count). The molecule has 0 radical (unpaired) electrons. The number of carboxylic acids is 1. The van der Waals surface area contributed by atoms with Crippen LogP contribution >= 0.6 is 0 Å². The van der Waals surface area contributed by atoms with E-state index in [1.165, 1.54) is 7.11 Å². The summed E-state index contributed by atoms with van der Waals surface area (Å²) in [7, 11) is 1.51. The normalized spacial score (nSPS) is 11.8. The number of hydrogen-bond acceptors (Lipinski definition) is 5. The van der Waals surface area contributed by atoms with Gasteiger partial charge in [-0.05, 0) is 30.2 Å². The first-order chi connectivity index (χ1) is 13.9. The molecule has 0 fully saturated rings. The molecule has 0 aliphatic carbocycles. The lowest BCUT2D eigenvalue weighted by Gasteiger charge is -2.15. The Bertz CT molecular complexity index is 1100. The molecule has 29 heavy (non-hydrogen) atoms. The van der Waals surface area contributed by atoms with Crippen molar-refractivity contribution < 1.29 is 23.8 Å². The quantitative estimate of drug-likeness (QED) is 0.596. The molecule has 0 aliphatic heterocycles. The molecule has 3 aromatic rings. The van der Waals surface area contributed by atoms with E-state index in [1.54, 1.807) is 49.4 Å². The number of amides is 1. The molecule has 7 nitrogen and oxygen atoms in total. The zero-order valence-electron chi connectivity index (χ0n) is 16.1. The van der Waals surface area contributed by atoms with Crippen molar-refractivity contribution in [3.8, 4) is 5.75 Å². The van der Waals surface area contributed by atoms with Gasteiger partial charge in [-0.3, -0.25) is 4.79 Å². The largest absolute Gasteiger partial charge is 0.497 e. The summed E-state index contributed by atoms with van der Waals surface area (Å²) in [5.41, 5.74) is 1.33. The Morgan fingerprint density at radius 3 is 2.55 bits per heavy atom. The Morgan fingerprint density at radius 1 is 1.17 bits per heavy atom. The SMILES string of the molecule is COc1ccc2c(C)c(CC(=O)N[C@H](Cc3ccccc3)C(=O)O)c(=O)oc2c1. The van der Waals surface area contributed by atoms with Crippen molar-refractivity contribution in [2.45, 2.75) is 25.8 Å². The van der Waals surface area contributed by atoms with Gasteiger partial charge in [-0.1, -0.05) is 30.3 Å². The molecule has 0 aliphatic rings. The third-order valence-electron chi connectivity index (χ3n) is 4.75. The second-order valence-electron chi connectivity index (χ2n) is 6.68.